The molecule has 0 atom stereocenters. The fraction of sp³-hybridized carbons (Fsp3) is 0.250. The first kappa shape index (κ1) is 11.9. The summed E-state index contributed by atoms with van der Waals surface area (Å²) in [6, 6.07) is 5.50. The molecule has 2 aromatic rings. The fourth-order valence-corrected chi connectivity index (χ4v) is 2.42. The number of hydrogen-bond donors (Lipinski definition) is 1. The van der Waals surface area contributed by atoms with Crippen LogP contribution in [0.2, 0.25) is 0 Å². The van der Waals surface area contributed by atoms with E-state index < -0.39 is 0 Å². The quantitative estimate of drug-likeness (QED) is 0.925. The van der Waals surface area contributed by atoms with Crippen molar-refractivity contribution >= 4 is 22.4 Å². The molecule has 1 aromatic heterocycles. The van der Waals surface area contributed by atoms with Gasteiger partial charge < -0.3 is 14.8 Å². The lowest BCUT2D eigenvalue weighted by atomic mass is 10.1. The van der Waals surface area contributed by atoms with Crippen LogP contribution in [0.1, 0.15) is 10.6 Å². The van der Waals surface area contributed by atoms with E-state index in [0.717, 1.165) is 10.6 Å². The molecule has 0 bridgehead atoms. The number of aromatic nitrogens is 2. The molecular weight excluding hydrogens is 266 g/mol. The standard InChI is InChI=1S/C12H11N3O3S/c1-7-14-15-12(19-7)13-10(16)5-8-3-2-4-9-11(8)18-6-17-9/h2-4H,5-6H2,1H3,(H,13,15,16). The van der Waals surface area contributed by atoms with Crippen LogP contribution in [0.3, 0.4) is 0 Å². The van der Waals surface area contributed by atoms with Crippen molar-refractivity contribution in [3.63, 3.8) is 0 Å². The first-order valence-corrected chi connectivity index (χ1v) is 6.51. The highest BCUT2D eigenvalue weighted by molar-refractivity contribution is 7.15. The zero-order chi connectivity index (χ0) is 13.2. The highest BCUT2D eigenvalue weighted by atomic mass is 32.1. The van der Waals surface area contributed by atoms with Crippen LogP contribution in [0.4, 0.5) is 5.13 Å². The van der Waals surface area contributed by atoms with Crippen molar-refractivity contribution in [3.05, 3.63) is 28.8 Å². The predicted octanol–water partition coefficient (Wildman–Crippen LogP) is 1.76. The summed E-state index contributed by atoms with van der Waals surface area (Å²) in [4.78, 5) is 11.9. The molecule has 0 fully saturated rings. The zero-order valence-corrected chi connectivity index (χ0v) is 11.0. The molecule has 0 saturated carbocycles. The van der Waals surface area contributed by atoms with Crippen molar-refractivity contribution in [1.29, 1.82) is 0 Å². The SMILES string of the molecule is Cc1nnc(NC(=O)Cc2cccc3c2OCO3)s1. The number of rotatable bonds is 3. The molecule has 1 aliphatic heterocycles. The third-order valence-corrected chi connectivity index (χ3v) is 3.36. The normalized spacial score (nSPS) is 12.5. The molecule has 2 heterocycles. The maximum atomic E-state index is 11.9. The number of carbonyl (C=O) groups excluding carboxylic acids is 1. The summed E-state index contributed by atoms with van der Waals surface area (Å²) in [5.41, 5.74) is 0.800. The number of anilines is 1. The zero-order valence-electron chi connectivity index (χ0n) is 10.2. The second-order valence-corrected chi connectivity index (χ2v) is 5.18. The molecular formula is C12H11N3O3S. The van der Waals surface area contributed by atoms with Gasteiger partial charge in [0.05, 0.1) is 6.42 Å². The monoisotopic (exact) mass is 277 g/mol. The summed E-state index contributed by atoms with van der Waals surface area (Å²) in [5, 5.41) is 11.7. The Hall–Kier alpha value is -2.15. The van der Waals surface area contributed by atoms with Gasteiger partial charge in [0.15, 0.2) is 11.5 Å². The first-order chi connectivity index (χ1) is 9.22. The molecule has 1 amide bonds. The highest BCUT2D eigenvalue weighted by Crippen LogP contribution is 2.35. The van der Waals surface area contributed by atoms with Gasteiger partial charge in [0.25, 0.3) is 0 Å². The van der Waals surface area contributed by atoms with Gasteiger partial charge in [-0.1, -0.05) is 23.5 Å². The van der Waals surface area contributed by atoms with Crippen molar-refractivity contribution in [1.82, 2.24) is 10.2 Å². The smallest absolute Gasteiger partial charge is 0.231 e. The first-order valence-electron chi connectivity index (χ1n) is 5.70. The minimum atomic E-state index is -0.153. The molecule has 19 heavy (non-hydrogen) atoms. The van der Waals surface area contributed by atoms with E-state index in [9.17, 15) is 4.79 Å². The minimum absolute atomic E-state index is 0.153. The maximum Gasteiger partial charge on any atom is 0.231 e. The summed E-state index contributed by atoms with van der Waals surface area (Å²) in [5.74, 6) is 1.17. The van der Waals surface area contributed by atoms with E-state index in [0.29, 0.717) is 16.6 Å². The van der Waals surface area contributed by atoms with Crippen molar-refractivity contribution in [2.45, 2.75) is 13.3 Å². The van der Waals surface area contributed by atoms with Gasteiger partial charge in [0.2, 0.25) is 17.8 Å². The predicted molar refractivity (Wildman–Crippen MR) is 69.5 cm³/mol. The maximum absolute atomic E-state index is 11.9. The number of hydrogen-bond acceptors (Lipinski definition) is 6. The summed E-state index contributed by atoms with van der Waals surface area (Å²) in [6.07, 6.45) is 0.213. The van der Waals surface area contributed by atoms with E-state index in [4.69, 9.17) is 9.47 Å². The highest BCUT2D eigenvalue weighted by Gasteiger charge is 2.19. The average Bonchev–Trinajstić information content (AvgIpc) is 2.98. The number of fused-ring (bicyclic) bond motifs is 1. The summed E-state index contributed by atoms with van der Waals surface area (Å²) in [7, 11) is 0. The number of para-hydroxylation sites is 1. The number of amides is 1. The third kappa shape index (κ3) is 2.50. The number of nitrogens with one attached hydrogen (secondary N) is 1. The lowest BCUT2D eigenvalue weighted by Crippen LogP contribution is -2.14. The Morgan fingerprint density at radius 2 is 2.32 bits per heavy atom. The lowest BCUT2D eigenvalue weighted by Gasteiger charge is -2.05. The van der Waals surface area contributed by atoms with Crippen molar-refractivity contribution in [2.75, 3.05) is 12.1 Å². The third-order valence-electron chi connectivity index (χ3n) is 2.60. The Balaban J connectivity index is 1.72. The second-order valence-electron chi connectivity index (χ2n) is 4.00. The largest absolute Gasteiger partial charge is 0.454 e. The number of benzene rings is 1. The van der Waals surface area contributed by atoms with Gasteiger partial charge in [0.1, 0.15) is 5.01 Å². The van der Waals surface area contributed by atoms with Crippen molar-refractivity contribution in [2.24, 2.45) is 0 Å². The van der Waals surface area contributed by atoms with E-state index in [1.54, 1.807) is 0 Å². The topological polar surface area (TPSA) is 73.3 Å². The van der Waals surface area contributed by atoms with Crippen LogP contribution in [-0.4, -0.2) is 22.9 Å². The van der Waals surface area contributed by atoms with E-state index in [1.165, 1.54) is 11.3 Å². The van der Waals surface area contributed by atoms with Gasteiger partial charge in [-0.25, -0.2) is 0 Å². The van der Waals surface area contributed by atoms with Gasteiger partial charge in [-0.05, 0) is 13.0 Å². The average molecular weight is 277 g/mol. The van der Waals surface area contributed by atoms with Crippen LogP contribution < -0.4 is 14.8 Å². The summed E-state index contributed by atoms with van der Waals surface area (Å²) >= 11 is 1.34. The van der Waals surface area contributed by atoms with Crippen molar-refractivity contribution in [3.8, 4) is 11.5 Å². The molecule has 0 radical (unpaired) electrons. The van der Waals surface area contributed by atoms with E-state index in [1.807, 2.05) is 25.1 Å². The van der Waals surface area contributed by atoms with Gasteiger partial charge in [-0.15, -0.1) is 10.2 Å². The van der Waals surface area contributed by atoms with Crippen LogP contribution in [-0.2, 0) is 11.2 Å². The van der Waals surface area contributed by atoms with Crippen LogP contribution in [0, 0.1) is 6.92 Å². The Morgan fingerprint density at radius 3 is 3.11 bits per heavy atom. The molecule has 0 aliphatic carbocycles. The molecule has 0 spiro atoms. The van der Waals surface area contributed by atoms with Gasteiger partial charge >= 0.3 is 0 Å². The second kappa shape index (κ2) is 4.85. The van der Waals surface area contributed by atoms with E-state index in [2.05, 4.69) is 15.5 Å². The number of nitrogens with zero attached hydrogens (tertiary/aromatic N) is 2. The van der Waals surface area contributed by atoms with Gasteiger partial charge in [-0.2, -0.15) is 0 Å². The number of carbonyl (C=O) groups is 1. The number of aryl methyl sites for hydroxylation is 1. The fourth-order valence-electron chi connectivity index (χ4n) is 1.81. The van der Waals surface area contributed by atoms with Crippen LogP contribution in [0.25, 0.3) is 0 Å². The molecule has 1 aliphatic rings. The Morgan fingerprint density at radius 1 is 1.42 bits per heavy atom. The molecule has 6 nitrogen and oxygen atoms in total. The Bertz CT molecular complexity index is 626. The molecule has 7 heteroatoms. The van der Waals surface area contributed by atoms with E-state index in [-0.39, 0.29) is 19.1 Å². The van der Waals surface area contributed by atoms with Crippen LogP contribution >= 0.6 is 11.3 Å². The minimum Gasteiger partial charge on any atom is -0.454 e. The Labute approximate surface area is 113 Å². The lowest BCUT2D eigenvalue weighted by molar-refractivity contribution is -0.115. The van der Waals surface area contributed by atoms with Crippen molar-refractivity contribution < 1.29 is 14.3 Å². The molecule has 98 valence electrons. The molecule has 0 saturated heterocycles. The molecule has 3 rings (SSSR count). The molecule has 0 unspecified atom stereocenters. The number of ether oxygens (including phenoxy) is 2. The van der Waals surface area contributed by atoms with Gasteiger partial charge in [-0.3, -0.25) is 4.79 Å². The Kier molecular flexibility index (Phi) is 3.04. The molecule has 1 aromatic carbocycles. The molecule has 1 N–H and O–H groups in total. The summed E-state index contributed by atoms with van der Waals surface area (Å²) < 4.78 is 10.6. The van der Waals surface area contributed by atoms with Gasteiger partial charge in [0, 0.05) is 5.56 Å². The van der Waals surface area contributed by atoms with Crippen LogP contribution in [0.5, 0.6) is 11.5 Å². The van der Waals surface area contributed by atoms with E-state index >= 15 is 0 Å². The van der Waals surface area contributed by atoms with Crippen LogP contribution in [0.15, 0.2) is 18.2 Å². The summed E-state index contributed by atoms with van der Waals surface area (Å²) in [6.45, 7) is 2.03.